The second-order valence-corrected chi connectivity index (χ2v) is 12.0. The van der Waals surface area contributed by atoms with E-state index >= 15 is 0 Å². The summed E-state index contributed by atoms with van der Waals surface area (Å²) >= 11 is 0. The monoisotopic (exact) mass is 570 g/mol. The summed E-state index contributed by atoms with van der Waals surface area (Å²) in [6, 6.07) is 57.3. The minimum absolute atomic E-state index is 0.920. The van der Waals surface area contributed by atoms with E-state index in [-0.39, 0.29) is 0 Å². The summed E-state index contributed by atoms with van der Waals surface area (Å²) in [5, 5.41) is 14.7. The SMILES string of the molecule is c1ccc2c(c1)ccc1c(-c3c4ccccc4c(-c4cccc5ccc6c7ccccc7oc6c45)c4ccccc34)cccc12. The highest BCUT2D eigenvalue weighted by atomic mass is 16.3. The molecule has 0 atom stereocenters. The normalized spacial score (nSPS) is 12.0. The molecular formula is C44H26O. The maximum Gasteiger partial charge on any atom is 0.143 e. The van der Waals surface area contributed by atoms with E-state index in [1.165, 1.54) is 70.7 Å². The zero-order valence-electron chi connectivity index (χ0n) is 24.4. The molecule has 0 saturated heterocycles. The van der Waals surface area contributed by atoms with Crippen LogP contribution in [0, 0.1) is 0 Å². The van der Waals surface area contributed by atoms with Gasteiger partial charge < -0.3 is 4.42 Å². The van der Waals surface area contributed by atoms with Crippen molar-refractivity contribution in [3.63, 3.8) is 0 Å². The third-order valence-electron chi connectivity index (χ3n) is 9.64. The highest BCUT2D eigenvalue weighted by Crippen LogP contribution is 2.48. The topological polar surface area (TPSA) is 13.1 Å². The molecule has 1 aromatic heterocycles. The van der Waals surface area contributed by atoms with E-state index < -0.39 is 0 Å². The van der Waals surface area contributed by atoms with Crippen molar-refractivity contribution in [1.82, 2.24) is 0 Å². The number of benzene rings is 9. The van der Waals surface area contributed by atoms with Gasteiger partial charge in [0.05, 0.1) is 0 Å². The largest absolute Gasteiger partial charge is 0.455 e. The highest BCUT2D eigenvalue weighted by molar-refractivity contribution is 6.28. The van der Waals surface area contributed by atoms with E-state index in [9.17, 15) is 0 Å². The average Bonchev–Trinajstić information content (AvgIpc) is 3.49. The van der Waals surface area contributed by atoms with Crippen LogP contribution >= 0.6 is 0 Å². The first-order chi connectivity index (χ1) is 22.3. The predicted molar refractivity (Wildman–Crippen MR) is 192 cm³/mol. The predicted octanol–water partition coefficient (Wildman–Crippen LogP) is 12.7. The van der Waals surface area contributed by atoms with E-state index in [1.54, 1.807) is 0 Å². The van der Waals surface area contributed by atoms with Crippen LogP contribution in [-0.4, -0.2) is 0 Å². The lowest BCUT2D eigenvalue weighted by molar-refractivity contribution is 0.673. The molecule has 1 heteroatoms. The fourth-order valence-corrected chi connectivity index (χ4v) is 7.73. The Morgan fingerprint density at radius 2 is 0.800 bits per heavy atom. The third-order valence-corrected chi connectivity index (χ3v) is 9.64. The van der Waals surface area contributed by atoms with Crippen LogP contribution in [0.5, 0.6) is 0 Å². The first-order valence-electron chi connectivity index (χ1n) is 15.5. The maximum atomic E-state index is 6.63. The Bertz CT molecular complexity index is 2760. The Labute approximate surface area is 259 Å². The van der Waals surface area contributed by atoms with Crippen molar-refractivity contribution in [3.8, 4) is 22.3 Å². The van der Waals surface area contributed by atoms with Gasteiger partial charge in [0.25, 0.3) is 0 Å². The summed E-state index contributed by atoms with van der Waals surface area (Å²) in [6.07, 6.45) is 0. The summed E-state index contributed by atoms with van der Waals surface area (Å²) in [5.74, 6) is 0. The van der Waals surface area contributed by atoms with Crippen molar-refractivity contribution >= 4 is 75.8 Å². The minimum atomic E-state index is 0.920. The number of hydrogen-bond acceptors (Lipinski definition) is 1. The van der Waals surface area contributed by atoms with E-state index in [4.69, 9.17) is 4.42 Å². The van der Waals surface area contributed by atoms with Crippen molar-refractivity contribution in [3.05, 3.63) is 158 Å². The average molecular weight is 571 g/mol. The molecule has 0 aliphatic rings. The number of hydrogen-bond donors (Lipinski definition) is 0. The molecule has 0 aliphatic carbocycles. The van der Waals surface area contributed by atoms with Gasteiger partial charge in [0.15, 0.2) is 0 Å². The first-order valence-corrected chi connectivity index (χ1v) is 15.5. The number of furan rings is 1. The molecule has 0 aliphatic heterocycles. The molecule has 0 radical (unpaired) electrons. The molecular weight excluding hydrogens is 544 g/mol. The Morgan fingerprint density at radius 3 is 1.56 bits per heavy atom. The van der Waals surface area contributed by atoms with Gasteiger partial charge in [0.1, 0.15) is 11.2 Å². The van der Waals surface area contributed by atoms with Gasteiger partial charge >= 0.3 is 0 Å². The number of para-hydroxylation sites is 1. The second kappa shape index (κ2) is 9.29. The molecule has 10 rings (SSSR count). The molecule has 0 fully saturated rings. The minimum Gasteiger partial charge on any atom is -0.455 e. The third kappa shape index (κ3) is 3.44. The van der Waals surface area contributed by atoms with E-state index in [0.717, 1.165) is 27.3 Å². The van der Waals surface area contributed by atoms with Gasteiger partial charge in [-0.3, -0.25) is 0 Å². The number of rotatable bonds is 2. The highest BCUT2D eigenvalue weighted by Gasteiger charge is 2.21. The van der Waals surface area contributed by atoms with Crippen molar-refractivity contribution < 1.29 is 4.42 Å². The molecule has 1 nitrogen and oxygen atoms in total. The Morgan fingerprint density at radius 1 is 0.289 bits per heavy atom. The van der Waals surface area contributed by atoms with Gasteiger partial charge in [-0.15, -0.1) is 0 Å². The van der Waals surface area contributed by atoms with Crippen LogP contribution in [0.2, 0.25) is 0 Å². The Kier molecular flexibility index (Phi) is 5.06. The van der Waals surface area contributed by atoms with Crippen LogP contribution < -0.4 is 0 Å². The summed E-state index contributed by atoms with van der Waals surface area (Å²) in [7, 11) is 0. The van der Waals surface area contributed by atoms with Gasteiger partial charge in [-0.05, 0) is 82.9 Å². The zero-order chi connectivity index (χ0) is 29.5. The first kappa shape index (κ1) is 24.5. The second-order valence-electron chi connectivity index (χ2n) is 12.0. The summed E-state index contributed by atoms with van der Waals surface area (Å²) in [5.41, 5.74) is 6.84. The molecule has 1 heterocycles. The maximum absolute atomic E-state index is 6.63. The molecule has 0 unspecified atom stereocenters. The fourth-order valence-electron chi connectivity index (χ4n) is 7.73. The molecule has 9 aromatic carbocycles. The summed E-state index contributed by atoms with van der Waals surface area (Å²) < 4.78 is 6.63. The smallest absolute Gasteiger partial charge is 0.143 e. The van der Waals surface area contributed by atoms with E-state index in [2.05, 4.69) is 152 Å². The van der Waals surface area contributed by atoms with Crippen LogP contribution in [0.4, 0.5) is 0 Å². The van der Waals surface area contributed by atoms with Crippen LogP contribution in [0.1, 0.15) is 0 Å². The van der Waals surface area contributed by atoms with Gasteiger partial charge in [-0.25, -0.2) is 0 Å². The molecule has 0 saturated carbocycles. The van der Waals surface area contributed by atoms with E-state index in [0.29, 0.717) is 0 Å². The summed E-state index contributed by atoms with van der Waals surface area (Å²) in [6.45, 7) is 0. The number of fused-ring (bicyclic) bond motifs is 10. The van der Waals surface area contributed by atoms with Gasteiger partial charge in [-0.1, -0.05) is 146 Å². The lowest BCUT2D eigenvalue weighted by Crippen LogP contribution is -1.92. The van der Waals surface area contributed by atoms with Gasteiger partial charge in [0.2, 0.25) is 0 Å². The van der Waals surface area contributed by atoms with Crippen molar-refractivity contribution in [1.29, 1.82) is 0 Å². The van der Waals surface area contributed by atoms with Crippen LogP contribution in [0.3, 0.4) is 0 Å². The lowest BCUT2D eigenvalue weighted by Gasteiger charge is -2.20. The quantitative estimate of drug-likeness (QED) is 0.149. The zero-order valence-corrected chi connectivity index (χ0v) is 24.4. The fraction of sp³-hybridized carbons (Fsp3) is 0. The Balaban J connectivity index is 1.37. The van der Waals surface area contributed by atoms with Crippen LogP contribution in [0.25, 0.3) is 98.1 Å². The van der Waals surface area contributed by atoms with Gasteiger partial charge in [0, 0.05) is 16.2 Å². The Hall–Kier alpha value is -5.92. The molecule has 0 N–H and O–H groups in total. The van der Waals surface area contributed by atoms with Crippen molar-refractivity contribution in [2.45, 2.75) is 0 Å². The summed E-state index contributed by atoms with van der Waals surface area (Å²) in [4.78, 5) is 0. The van der Waals surface area contributed by atoms with Gasteiger partial charge in [-0.2, -0.15) is 0 Å². The van der Waals surface area contributed by atoms with Crippen LogP contribution in [0.15, 0.2) is 162 Å². The molecule has 208 valence electrons. The molecule has 0 amide bonds. The van der Waals surface area contributed by atoms with Crippen molar-refractivity contribution in [2.24, 2.45) is 0 Å². The van der Waals surface area contributed by atoms with E-state index in [1.807, 2.05) is 6.07 Å². The lowest BCUT2D eigenvalue weighted by atomic mass is 9.83. The van der Waals surface area contributed by atoms with Crippen molar-refractivity contribution in [2.75, 3.05) is 0 Å². The molecule has 0 bridgehead atoms. The molecule has 10 aromatic rings. The molecule has 45 heavy (non-hydrogen) atoms. The molecule has 0 spiro atoms. The van der Waals surface area contributed by atoms with Crippen LogP contribution in [-0.2, 0) is 0 Å². The standard InChI is InChI=1S/C44H26O/c1-2-13-29-27(11-1)23-25-31-30(29)19-10-20-33(31)42-34-15-3-5-17-36(34)43(37-18-6-4-16-35(37)42)39-21-9-12-28-24-26-38-32-14-7-8-22-40(32)45-44(38)41(28)39/h1-26H.